The summed E-state index contributed by atoms with van der Waals surface area (Å²) in [6, 6.07) is 12.8. The number of piperidine rings is 1. The fourth-order valence-electron chi connectivity index (χ4n) is 3.90. The van der Waals surface area contributed by atoms with Gasteiger partial charge in [0, 0.05) is 25.2 Å². The largest absolute Gasteiger partial charge is 0.348 e. The van der Waals surface area contributed by atoms with E-state index in [1.807, 2.05) is 25.1 Å². The van der Waals surface area contributed by atoms with Crippen LogP contribution in [0.5, 0.6) is 0 Å². The van der Waals surface area contributed by atoms with Crippen LogP contribution in [0.25, 0.3) is 0 Å². The van der Waals surface area contributed by atoms with Crippen molar-refractivity contribution in [2.45, 2.75) is 51.6 Å². The van der Waals surface area contributed by atoms with E-state index >= 15 is 0 Å². The van der Waals surface area contributed by atoms with Crippen LogP contribution in [-0.2, 0) is 23.1 Å². The highest BCUT2D eigenvalue weighted by Gasteiger charge is 2.19. The van der Waals surface area contributed by atoms with Crippen molar-refractivity contribution in [2.75, 3.05) is 19.6 Å². The summed E-state index contributed by atoms with van der Waals surface area (Å²) in [4.78, 5) is 15.5. The molecule has 0 aromatic heterocycles. The second-order valence-electron chi connectivity index (χ2n) is 8.39. The molecule has 1 heterocycles. The summed E-state index contributed by atoms with van der Waals surface area (Å²) >= 11 is 0. The zero-order valence-corrected chi connectivity index (χ0v) is 19.5. The van der Waals surface area contributed by atoms with Crippen LogP contribution in [0.2, 0.25) is 0 Å². The molecule has 0 atom stereocenters. The van der Waals surface area contributed by atoms with E-state index in [4.69, 9.17) is 0 Å². The number of rotatable bonds is 8. The van der Waals surface area contributed by atoms with Crippen LogP contribution in [0.4, 0.5) is 0 Å². The molecule has 0 radical (unpaired) electrons. The molecule has 1 fully saturated rings. The van der Waals surface area contributed by atoms with Crippen molar-refractivity contribution < 1.29 is 13.2 Å². The van der Waals surface area contributed by atoms with E-state index in [-0.39, 0.29) is 10.8 Å². The first-order chi connectivity index (χ1) is 14.8. The Morgan fingerprint density at radius 2 is 1.77 bits per heavy atom. The number of benzene rings is 2. The molecule has 0 aliphatic carbocycles. The molecule has 6 nitrogen and oxygen atoms in total. The van der Waals surface area contributed by atoms with Crippen molar-refractivity contribution in [3.8, 4) is 0 Å². The lowest BCUT2D eigenvalue weighted by Gasteiger charge is -2.30. The van der Waals surface area contributed by atoms with Crippen LogP contribution >= 0.6 is 0 Å². The lowest BCUT2D eigenvalue weighted by molar-refractivity contribution is 0.0950. The Balaban J connectivity index is 1.70. The van der Waals surface area contributed by atoms with Gasteiger partial charge in [0.1, 0.15) is 0 Å². The number of amides is 1. The van der Waals surface area contributed by atoms with Gasteiger partial charge in [-0.25, -0.2) is 13.1 Å². The van der Waals surface area contributed by atoms with Crippen molar-refractivity contribution in [2.24, 2.45) is 5.92 Å². The van der Waals surface area contributed by atoms with Gasteiger partial charge in [-0.3, -0.25) is 9.69 Å². The highest BCUT2D eigenvalue weighted by atomic mass is 32.2. The maximum absolute atomic E-state index is 12.9. The van der Waals surface area contributed by atoms with E-state index in [0.717, 1.165) is 36.7 Å². The lowest BCUT2D eigenvalue weighted by Crippen LogP contribution is -2.33. The summed E-state index contributed by atoms with van der Waals surface area (Å²) in [5.41, 5.74) is 3.42. The van der Waals surface area contributed by atoms with E-state index in [1.165, 1.54) is 30.5 Å². The molecule has 168 valence electrons. The Morgan fingerprint density at radius 3 is 2.45 bits per heavy atom. The minimum absolute atomic E-state index is 0.102. The minimum atomic E-state index is -3.61. The third kappa shape index (κ3) is 6.15. The van der Waals surface area contributed by atoms with Crippen LogP contribution in [0.15, 0.2) is 47.4 Å². The van der Waals surface area contributed by atoms with Gasteiger partial charge in [-0.1, -0.05) is 44.2 Å². The number of aryl methyl sites for hydroxylation is 1. The van der Waals surface area contributed by atoms with Crippen LogP contribution in [0, 0.1) is 12.8 Å². The smallest absolute Gasteiger partial charge is 0.251 e. The molecule has 0 bridgehead atoms. The van der Waals surface area contributed by atoms with E-state index in [1.54, 1.807) is 13.0 Å². The zero-order valence-electron chi connectivity index (χ0n) is 18.6. The first kappa shape index (κ1) is 23.4. The van der Waals surface area contributed by atoms with Gasteiger partial charge in [0.25, 0.3) is 5.91 Å². The number of carbonyl (C=O) groups is 1. The molecule has 1 aliphatic rings. The molecule has 1 saturated heterocycles. The van der Waals surface area contributed by atoms with Crippen LogP contribution in [-0.4, -0.2) is 38.9 Å². The van der Waals surface area contributed by atoms with E-state index in [9.17, 15) is 13.2 Å². The van der Waals surface area contributed by atoms with E-state index in [2.05, 4.69) is 27.9 Å². The molecular formula is C24H33N3O3S. The van der Waals surface area contributed by atoms with Crippen molar-refractivity contribution in [3.05, 3.63) is 64.7 Å². The third-order valence-electron chi connectivity index (χ3n) is 5.93. The molecule has 1 aliphatic heterocycles. The highest BCUT2D eigenvalue weighted by molar-refractivity contribution is 7.89. The van der Waals surface area contributed by atoms with E-state index < -0.39 is 10.0 Å². The Morgan fingerprint density at radius 1 is 1.10 bits per heavy atom. The van der Waals surface area contributed by atoms with Gasteiger partial charge in [0.15, 0.2) is 0 Å². The van der Waals surface area contributed by atoms with Crippen LogP contribution < -0.4 is 10.0 Å². The first-order valence-electron chi connectivity index (χ1n) is 11.0. The van der Waals surface area contributed by atoms with Gasteiger partial charge in [0.05, 0.1) is 4.90 Å². The highest BCUT2D eigenvalue weighted by Crippen LogP contribution is 2.20. The Kier molecular flexibility index (Phi) is 7.86. The Hall–Kier alpha value is -2.22. The van der Waals surface area contributed by atoms with Gasteiger partial charge in [0.2, 0.25) is 10.0 Å². The maximum atomic E-state index is 12.9. The molecule has 7 heteroatoms. The maximum Gasteiger partial charge on any atom is 0.251 e. The summed E-state index contributed by atoms with van der Waals surface area (Å²) in [6.45, 7) is 9.64. The average molecular weight is 444 g/mol. The van der Waals surface area contributed by atoms with Gasteiger partial charge in [-0.15, -0.1) is 0 Å². The summed E-state index contributed by atoms with van der Waals surface area (Å²) in [5.74, 6) is 0.522. The van der Waals surface area contributed by atoms with Crippen molar-refractivity contribution in [1.29, 1.82) is 0 Å². The molecule has 2 aromatic rings. The molecule has 31 heavy (non-hydrogen) atoms. The first-order valence-corrected chi connectivity index (χ1v) is 12.5. The van der Waals surface area contributed by atoms with Gasteiger partial charge in [-0.2, -0.15) is 0 Å². The second kappa shape index (κ2) is 10.4. The van der Waals surface area contributed by atoms with E-state index in [0.29, 0.717) is 18.7 Å². The predicted octanol–water partition coefficient (Wildman–Crippen LogP) is 3.46. The number of nitrogens with zero attached hydrogens (tertiary/aromatic N) is 1. The monoisotopic (exact) mass is 443 g/mol. The zero-order chi connectivity index (χ0) is 22.4. The number of carbonyl (C=O) groups excluding carboxylic acids is 1. The molecule has 1 amide bonds. The lowest BCUT2D eigenvalue weighted by atomic mass is 9.98. The van der Waals surface area contributed by atoms with Crippen LogP contribution in [0.3, 0.4) is 0 Å². The Labute approximate surface area is 186 Å². The number of hydrogen-bond acceptors (Lipinski definition) is 4. The number of sulfonamides is 1. The van der Waals surface area contributed by atoms with Gasteiger partial charge in [-0.05, 0) is 67.6 Å². The second-order valence-corrected chi connectivity index (χ2v) is 10.2. The van der Waals surface area contributed by atoms with Crippen molar-refractivity contribution in [1.82, 2.24) is 14.9 Å². The molecule has 0 spiro atoms. The topological polar surface area (TPSA) is 78.5 Å². The summed E-state index contributed by atoms with van der Waals surface area (Å²) in [5, 5.41) is 2.98. The summed E-state index contributed by atoms with van der Waals surface area (Å²) in [7, 11) is -3.61. The quantitative estimate of drug-likeness (QED) is 0.655. The number of likely N-dealkylation sites (tertiary alicyclic amines) is 1. The molecule has 3 rings (SSSR count). The van der Waals surface area contributed by atoms with Gasteiger partial charge >= 0.3 is 0 Å². The fraction of sp³-hybridized carbons (Fsp3) is 0.458. The SMILES string of the molecule is CCNS(=O)(=O)c1ccc(C)c(C(=O)NCc2ccccc2CN2CCC(C)CC2)c1. The number of nitrogens with one attached hydrogen (secondary N) is 2. The van der Waals surface area contributed by atoms with Crippen molar-refractivity contribution in [3.63, 3.8) is 0 Å². The number of hydrogen-bond donors (Lipinski definition) is 2. The Bertz CT molecular complexity index is 1010. The molecular weight excluding hydrogens is 410 g/mol. The van der Waals surface area contributed by atoms with Crippen molar-refractivity contribution >= 4 is 15.9 Å². The molecule has 0 unspecified atom stereocenters. The average Bonchev–Trinajstić information content (AvgIpc) is 2.74. The predicted molar refractivity (Wildman–Crippen MR) is 123 cm³/mol. The summed E-state index contributed by atoms with van der Waals surface area (Å²) in [6.07, 6.45) is 2.45. The fourth-order valence-corrected chi connectivity index (χ4v) is 4.97. The molecule has 2 N–H and O–H groups in total. The summed E-state index contributed by atoms with van der Waals surface area (Å²) < 4.78 is 27.1. The van der Waals surface area contributed by atoms with Gasteiger partial charge < -0.3 is 5.32 Å². The standard InChI is InChI=1S/C24H33N3O3S/c1-4-26-31(29,30)22-10-9-19(3)23(15-22)24(28)25-16-20-7-5-6-8-21(20)17-27-13-11-18(2)12-14-27/h5-10,15,18,26H,4,11-14,16-17H2,1-3H3,(H,25,28). The normalized spacial score (nSPS) is 15.7. The molecule has 0 saturated carbocycles. The minimum Gasteiger partial charge on any atom is -0.348 e. The molecule has 2 aromatic carbocycles. The third-order valence-corrected chi connectivity index (χ3v) is 7.47. The van der Waals surface area contributed by atoms with Crippen LogP contribution in [0.1, 0.15) is 53.7 Å².